The Bertz CT molecular complexity index is 585. The van der Waals surface area contributed by atoms with Crippen molar-refractivity contribution < 1.29 is 4.79 Å². The summed E-state index contributed by atoms with van der Waals surface area (Å²) in [5.74, 6) is 0.0428. The summed E-state index contributed by atoms with van der Waals surface area (Å²) in [4.78, 5) is 11.7. The fourth-order valence-electron chi connectivity index (χ4n) is 1.77. The minimum Gasteiger partial charge on any atom is -0.294 e. The third-order valence-corrected chi connectivity index (χ3v) is 2.86. The van der Waals surface area contributed by atoms with Crippen molar-refractivity contribution >= 4 is 29.0 Å². The molecule has 0 radical (unpaired) electrons. The maximum absolute atomic E-state index is 11.7. The van der Waals surface area contributed by atoms with Gasteiger partial charge in [-0.15, -0.1) is 0 Å². The lowest BCUT2D eigenvalue weighted by atomic mass is 10.00. The van der Waals surface area contributed by atoms with Crippen LogP contribution in [0.15, 0.2) is 54.6 Å². The van der Waals surface area contributed by atoms with Crippen LogP contribution in [0.2, 0.25) is 5.02 Å². The van der Waals surface area contributed by atoms with Crippen LogP contribution in [-0.2, 0) is 4.79 Å². The fraction of sp³-hybridized carbons (Fsp3) is 0.0625. The van der Waals surface area contributed by atoms with Crippen molar-refractivity contribution in [1.82, 2.24) is 0 Å². The maximum Gasteiger partial charge on any atom is 0.160 e. The molecule has 0 N–H and O–H groups in total. The van der Waals surface area contributed by atoms with Gasteiger partial charge in [-0.3, -0.25) is 4.79 Å². The zero-order chi connectivity index (χ0) is 13.0. The SMILES string of the molecule is CC(=O)C(=Cc1cccc(Cl)c1)c1ccccc1. The van der Waals surface area contributed by atoms with Crippen LogP contribution in [0.4, 0.5) is 0 Å². The van der Waals surface area contributed by atoms with E-state index in [-0.39, 0.29) is 5.78 Å². The summed E-state index contributed by atoms with van der Waals surface area (Å²) < 4.78 is 0. The largest absolute Gasteiger partial charge is 0.294 e. The summed E-state index contributed by atoms with van der Waals surface area (Å²) >= 11 is 5.94. The van der Waals surface area contributed by atoms with E-state index in [2.05, 4.69) is 0 Å². The first kappa shape index (κ1) is 12.6. The van der Waals surface area contributed by atoms with Crippen LogP contribution in [0.3, 0.4) is 0 Å². The van der Waals surface area contributed by atoms with E-state index in [0.717, 1.165) is 11.1 Å². The molecule has 0 amide bonds. The Labute approximate surface area is 112 Å². The van der Waals surface area contributed by atoms with Gasteiger partial charge in [-0.05, 0) is 36.3 Å². The van der Waals surface area contributed by atoms with Gasteiger partial charge in [-0.2, -0.15) is 0 Å². The zero-order valence-electron chi connectivity index (χ0n) is 10.1. The standard InChI is InChI=1S/C16H13ClO/c1-12(18)16(14-7-3-2-4-8-14)11-13-6-5-9-15(17)10-13/h2-11H,1H3. The number of carbonyl (C=O) groups is 1. The number of allylic oxidation sites excluding steroid dienone is 1. The highest BCUT2D eigenvalue weighted by atomic mass is 35.5. The molecule has 2 heteroatoms. The normalized spacial score (nSPS) is 11.3. The van der Waals surface area contributed by atoms with Crippen LogP contribution in [0, 0.1) is 0 Å². The van der Waals surface area contributed by atoms with Gasteiger partial charge < -0.3 is 0 Å². The lowest BCUT2D eigenvalue weighted by Crippen LogP contribution is -1.95. The molecule has 18 heavy (non-hydrogen) atoms. The highest BCUT2D eigenvalue weighted by Crippen LogP contribution is 2.20. The van der Waals surface area contributed by atoms with Gasteiger partial charge in [0.2, 0.25) is 0 Å². The number of hydrogen-bond acceptors (Lipinski definition) is 1. The van der Waals surface area contributed by atoms with Crippen LogP contribution in [0.1, 0.15) is 18.1 Å². The number of benzene rings is 2. The number of halogens is 1. The van der Waals surface area contributed by atoms with Gasteiger partial charge in [0.25, 0.3) is 0 Å². The van der Waals surface area contributed by atoms with Crippen molar-refractivity contribution in [3.63, 3.8) is 0 Å². The minimum absolute atomic E-state index is 0.0428. The quantitative estimate of drug-likeness (QED) is 0.585. The second-order valence-electron chi connectivity index (χ2n) is 4.04. The Morgan fingerprint density at radius 1 is 1.06 bits per heavy atom. The molecule has 0 aliphatic carbocycles. The predicted molar refractivity (Wildman–Crippen MR) is 76.4 cm³/mol. The van der Waals surface area contributed by atoms with Gasteiger partial charge in [0.05, 0.1) is 0 Å². The second kappa shape index (κ2) is 5.65. The number of ketones is 1. The molecule has 0 bridgehead atoms. The maximum atomic E-state index is 11.7. The Balaban J connectivity index is 2.46. The van der Waals surface area contributed by atoms with E-state index in [1.807, 2.05) is 60.7 Å². The van der Waals surface area contributed by atoms with Crippen molar-refractivity contribution in [2.24, 2.45) is 0 Å². The number of Topliss-reactive ketones (excluding diaryl/α,β-unsaturated/α-hetero) is 1. The van der Waals surface area contributed by atoms with Gasteiger partial charge in [0, 0.05) is 10.6 Å². The van der Waals surface area contributed by atoms with Gasteiger partial charge >= 0.3 is 0 Å². The Kier molecular flexibility index (Phi) is 3.96. The molecule has 0 spiro atoms. The second-order valence-corrected chi connectivity index (χ2v) is 4.47. The number of rotatable bonds is 3. The average Bonchev–Trinajstić information content (AvgIpc) is 2.37. The molecule has 90 valence electrons. The molecule has 0 saturated heterocycles. The highest BCUT2D eigenvalue weighted by Gasteiger charge is 2.06. The van der Waals surface area contributed by atoms with Gasteiger partial charge in [0.15, 0.2) is 5.78 Å². The van der Waals surface area contributed by atoms with Crippen molar-refractivity contribution in [2.75, 3.05) is 0 Å². The molecule has 0 aliphatic rings. The van der Waals surface area contributed by atoms with Crippen LogP contribution in [0.5, 0.6) is 0 Å². The van der Waals surface area contributed by atoms with Crippen LogP contribution in [-0.4, -0.2) is 5.78 Å². The molecular weight excluding hydrogens is 244 g/mol. The first-order valence-electron chi connectivity index (χ1n) is 5.70. The van der Waals surface area contributed by atoms with Crippen molar-refractivity contribution in [1.29, 1.82) is 0 Å². The summed E-state index contributed by atoms with van der Waals surface area (Å²) in [6.07, 6.45) is 1.86. The molecule has 0 heterocycles. The van der Waals surface area contributed by atoms with E-state index in [0.29, 0.717) is 10.6 Å². The Morgan fingerprint density at radius 3 is 2.39 bits per heavy atom. The number of carbonyl (C=O) groups excluding carboxylic acids is 1. The Hall–Kier alpha value is -1.86. The van der Waals surface area contributed by atoms with Crippen LogP contribution >= 0.6 is 11.6 Å². The molecule has 2 aromatic carbocycles. The molecule has 0 unspecified atom stereocenters. The monoisotopic (exact) mass is 256 g/mol. The lowest BCUT2D eigenvalue weighted by Gasteiger charge is -2.04. The van der Waals surface area contributed by atoms with E-state index in [9.17, 15) is 4.79 Å². The topological polar surface area (TPSA) is 17.1 Å². The van der Waals surface area contributed by atoms with Crippen molar-refractivity contribution in [3.05, 3.63) is 70.7 Å². The highest BCUT2D eigenvalue weighted by molar-refractivity contribution is 6.31. The molecule has 0 aromatic heterocycles. The van der Waals surface area contributed by atoms with E-state index < -0.39 is 0 Å². The third-order valence-electron chi connectivity index (χ3n) is 2.62. The zero-order valence-corrected chi connectivity index (χ0v) is 10.8. The molecule has 2 rings (SSSR count). The molecule has 1 nitrogen and oxygen atoms in total. The van der Waals surface area contributed by atoms with Crippen molar-refractivity contribution in [3.8, 4) is 0 Å². The minimum atomic E-state index is 0.0428. The number of hydrogen-bond donors (Lipinski definition) is 0. The van der Waals surface area contributed by atoms with Gasteiger partial charge in [-0.25, -0.2) is 0 Å². The predicted octanol–water partition coefficient (Wildman–Crippen LogP) is 4.47. The summed E-state index contributed by atoms with van der Waals surface area (Å²) in [5, 5.41) is 0.666. The van der Waals surface area contributed by atoms with E-state index in [1.54, 1.807) is 6.92 Å². The summed E-state index contributed by atoms with van der Waals surface area (Å²) in [5.41, 5.74) is 2.54. The van der Waals surface area contributed by atoms with Crippen LogP contribution in [0.25, 0.3) is 11.6 Å². The molecule has 0 atom stereocenters. The fourth-order valence-corrected chi connectivity index (χ4v) is 1.97. The molecular formula is C16H13ClO. The molecule has 2 aromatic rings. The van der Waals surface area contributed by atoms with E-state index >= 15 is 0 Å². The van der Waals surface area contributed by atoms with Crippen LogP contribution < -0.4 is 0 Å². The van der Waals surface area contributed by atoms with Gasteiger partial charge in [-0.1, -0.05) is 54.1 Å². The lowest BCUT2D eigenvalue weighted by molar-refractivity contribution is -0.111. The average molecular weight is 257 g/mol. The van der Waals surface area contributed by atoms with E-state index in [1.165, 1.54) is 0 Å². The Morgan fingerprint density at radius 2 is 1.78 bits per heavy atom. The summed E-state index contributed by atoms with van der Waals surface area (Å²) in [7, 11) is 0. The molecule has 0 aliphatic heterocycles. The van der Waals surface area contributed by atoms with Crippen molar-refractivity contribution in [2.45, 2.75) is 6.92 Å². The first-order chi connectivity index (χ1) is 8.66. The molecule has 0 saturated carbocycles. The van der Waals surface area contributed by atoms with E-state index in [4.69, 9.17) is 11.6 Å². The summed E-state index contributed by atoms with van der Waals surface area (Å²) in [6, 6.07) is 17.1. The smallest absolute Gasteiger partial charge is 0.160 e. The van der Waals surface area contributed by atoms with Gasteiger partial charge in [0.1, 0.15) is 0 Å². The first-order valence-corrected chi connectivity index (χ1v) is 6.08. The summed E-state index contributed by atoms with van der Waals surface area (Å²) in [6.45, 7) is 1.57. The molecule has 0 fully saturated rings. The third kappa shape index (κ3) is 3.08.